The van der Waals surface area contributed by atoms with Gasteiger partial charge in [0.05, 0.1) is 34.6 Å². The topological polar surface area (TPSA) is 98.2 Å². The minimum absolute atomic E-state index is 0. The number of amides is 2. The van der Waals surface area contributed by atoms with Crippen LogP contribution in [0.25, 0.3) is 10.9 Å². The molecule has 3 heterocycles. The van der Waals surface area contributed by atoms with E-state index in [4.69, 9.17) is 37.4 Å². The third-order valence-corrected chi connectivity index (χ3v) is 9.03. The van der Waals surface area contributed by atoms with Gasteiger partial charge < -0.3 is 29.0 Å². The Morgan fingerprint density at radius 2 is 1.71 bits per heavy atom. The van der Waals surface area contributed by atoms with Crippen LogP contribution < -0.4 is 19.5 Å². The molecule has 0 bridgehead atoms. The van der Waals surface area contributed by atoms with Crippen LogP contribution in [0.15, 0.2) is 79.0 Å². The normalized spacial score (nSPS) is 13.2. The highest BCUT2D eigenvalue weighted by Crippen LogP contribution is 2.30. The van der Waals surface area contributed by atoms with Crippen molar-refractivity contribution in [2.45, 2.75) is 13.0 Å². The minimum Gasteiger partial charge on any atom is -0.493 e. The summed E-state index contributed by atoms with van der Waals surface area (Å²) in [6, 6.07) is 20.6. The van der Waals surface area contributed by atoms with Gasteiger partial charge in [-0.25, -0.2) is 13.8 Å². The molecule has 0 aliphatic carbocycles. The zero-order valence-electron chi connectivity index (χ0n) is 27.6. The van der Waals surface area contributed by atoms with Gasteiger partial charge in [-0.05, 0) is 60.2 Å². The van der Waals surface area contributed by atoms with Gasteiger partial charge in [0.1, 0.15) is 18.1 Å². The number of carbonyl (C=O) groups is 2. The Morgan fingerprint density at radius 3 is 2.39 bits per heavy atom. The van der Waals surface area contributed by atoms with Crippen molar-refractivity contribution >= 4 is 68.6 Å². The van der Waals surface area contributed by atoms with Crippen LogP contribution in [-0.4, -0.2) is 77.5 Å². The molecule has 51 heavy (non-hydrogen) atoms. The molecule has 1 N–H and O–H groups in total. The predicted molar refractivity (Wildman–Crippen MR) is 198 cm³/mol. The lowest BCUT2D eigenvalue weighted by molar-refractivity contribution is 0.0619. The fourth-order valence-corrected chi connectivity index (χ4v) is 5.96. The molecule has 15 heteroatoms. The van der Waals surface area contributed by atoms with E-state index in [0.29, 0.717) is 72.1 Å². The SMILES string of the molecule is Br.COc1cc(CN2CCN(C(=O)c3cc4ccc(Oc5ccc(NC(=O)c6ccc(Cl)c(Cl)c6)cn5)cc4n3C)CC2)ccc1OCC(F)F. The number of methoxy groups -OCH3 is 1. The number of nitrogens with one attached hydrogen (secondary N) is 1. The van der Waals surface area contributed by atoms with Crippen LogP contribution in [-0.2, 0) is 13.6 Å². The minimum atomic E-state index is -2.57. The summed E-state index contributed by atoms with van der Waals surface area (Å²) in [5.74, 6) is 1.12. The van der Waals surface area contributed by atoms with Gasteiger partial charge in [0, 0.05) is 62.9 Å². The first-order chi connectivity index (χ1) is 24.1. The van der Waals surface area contributed by atoms with Crippen LogP contribution in [0, 0.1) is 0 Å². The number of aromatic nitrogens is 2. The fourth-order valence-electron chi connectivity index (χ4n) is 5.67. The van der Waals surface area contributed by atoms with E-state index in [1.165, 1.54) is 19.4 Å². The second-order valence-corrected chi connectivity index (χ2v) is 12.4. The summed E-state index contributed by atoms with van der Waals surface area (Å²) in [6.07, 6.45) is -1.08. The number of rotatable bonds is 11. The summed E-state index contributed by atoms with van der Waals surface area (Å²) < 4.78 is 43.5. The molecule has 3 aromatic carbocycles. The molecule has 1 saturated heterocycles. The van der Waals surface area contributed by atoms with Crippen molar-refractivity contribution in [3.8, 4) is 23.1 Å². The zero-order valence-corrected chi connectivity index (χ0v) is 30.8. The van der Waals surface area contributed by atoms with Crippen molar-refractivity contribution < 1.29 is 32.6 Å². The van der Waals surface area contributed by atoms with E-state index in [-0.39, 0.29) is 39.6 Å². The van der Waals surface area contributed by atoms with E-state index >= 15 is 0 Å². The molecule has 5 aromatic rings. The van der Waals surface area contributed by atoms with Crippen molar-refractivity contribution in [2.24, 2.45) is 7.05 Å². The first kappa shape index (κ1) is 37.8. The number of benzene rings is 3. The number of carbonyl (C=O) groups excluding carboxylic acids is 2. The van der Waals surface area contributed by atoms with Gasteiger partial charge in [-0.15, -0.1) is 17.0 Å². The Balaban J connectivity index is 0.00000504. The number of piperazine rings is 1. The molecule has 1 aliphatic rings. The number of pyridine rings is 1. The third kappa shape index (κ3) is 9.09. The average Bonchev–Trinajstić information content (AvgIpc) is 3.44. The van der Waals surface area contributed by atoms with Gasteiger partial charge >= 0.3 is 0 Å². The Hall–Kier alpha value is -4.43. The first-order valence-corrected chi connectivity index (χ1v) is 16.4. The Morgan fingerprint density at radius 1 is 0.922 bits per heavy atom. The van der Waals surface area contributed by atoms with Crippen LogP contribution in [0.4, 0.5) is 14.5 Å². The molecule has 2 amide bonds. The van der Waals surface area contributed by atoms with Crippen LogP contribution in [0.5, 0.6) is 23.1 Å². The lowest BCUT2D eigenvalue weighted by Gasteiger charge is -2.34. The number of halogens is 5. The second kappa shape index (κ2) is 16.7. The Bertz CT molecular complexity index is 2020. The largest absolute Gasteiger partial charge is 0.493 e. The Kier molecular flexibility index (Phi) is 12.4. The number of alkyl halides is 2. The van der Waals surface area contributed by atoms with E-state index in [2.05, 4.69) is 15.2 Å². The summed E-state index contributed by atoms with van der Waals surface area (Å²) in [4.78, 5) is 34.6. The van der Waals surface area contributed by atoms with Gasteiger partial charge in [-0.3, -0.25) is 14.5 Å². The van der Waals surface area contributed by atoms with E-state index in [1.54, 1.807) is 36.4 Å². The van der Waals surface area contributed by atoms with Gasteiger partial charge in [0.15, 0.2) is 11.5 Å². The van der Waals surface area contributed by atoms with E-state index in [0.717, 1.165) is 16.5 Å². The van der Waals surface area contributed by atoms with E-state index in [9.17, 15) is 18.4 Å². The summed E-state index contributed by atoms with van der Waals surface area (Å²) in [5, 5.41) is 4.31. The van der Waals surface area contributed by atoms with Gasteiger partial charge in [-0.2, -0.15) is 0 Å². The summed E-state index contributed by atoms with van der Waals surface area (Å²) in [5.41, 5.74) is 3.18. The molecule has 2 aromatic heterocycles. The molecule has 6 rings (SSSR count). The highest BCUT2D eigenvalue weighted by molar-refractivity contribution is 8.93. The standard InChI is InChI=1S/C36H33Cl2F2N5O5.BrH/c1-43-29-18-26(50-34-10-6-25(19-41-34)42-35(46)24-5-8-27(37)28(38)16-24)7-4-23(29)17-30(43)36(47)45-13-11-44(12-14-45)20-22-3-9-31(32(15-22)48-2)49-21-33(39)40;/h3-10,15-19,33H,11-14,20-21H2,1-2H3,(H,42,46);1H. The smallest absolute Gasteiger partial charge is 0.272 e. The van der Waals surface area contributed by atoms with Crippen molar-refractivity contribution in [3.63, 3.8) is 0 Å². The number of aryl methyl sites for hydroxylation is 1. The van der Waals surface area contributed by atoms with E-state index < -0.39 is 13.0 Å². The van der Waals surface area contributed by atoms with Crippen molar-refractivity contribution in [1.29, 1.82) is 0 Å². The monoisotopic (exact) mass is 803 g/mol. The number of hydrogen-bond donors (Lipinski definition) is 1. The number of nitrogens with zero attached hydrogens (tertiary/aromatic N) is 4. The Labute approximate surface area is 313 Å². The predicted octanol–water partition coefficient (Wildman–Crippen LogP) is 8.11. The van der Waals surface area contributed by atoms with Crippen LogP contribution in [0.3, 0.4) is 0 Å². The van der Waals surface area contributed by atoms with Crippen molar-refractivity contribution in [3.05, 3.63) is 106 Å². The molecule has 0 saturated carbocycles. The highest BCUT2D eigenvalue weighted by Gasteiger charge is 2.25. The van der Waals surface area contributed by atoms with Gasteiger partial charge in [0.25, 0.3) is 18.2 Å². The van der Waals surface area contributed by atoms with Crippen LogP contribution in [0.1, 0.15) is 26.4 Å². The molecular weight excluding hydrogens is 771 g/mol. The van der Waals surface area contributed by atoms with Crippen LogP contribution in [0.2, 0.25) is 10.0 Å². The maximum absolute atomic E-state index is 13.6. The summed E-state index contributed by atoms with van der Waals surface area (Å²) in [6.45, 7) is 2.37. The fraction of sp³-hybridized carbons (Fsp3) is 0.250. The molecule has 0 spiro atoms. The second-order valence-electron chi connectivity index (χ2n) is 11.6. The average molecular weight is 806 g/mol. The van der Waals surface area contributed by atoms with Gasteiger partial charge in [0.2, 0.25) is 5.88 Å². The van der Waals surface area contributed by atoms with Crippen molar-refractivity contribution in [1.82, 2.24) is 19.4 Å². The maximum atomic E-state index is 13.6. The number of ether oxygens (including phenoxy) is 3. The van der Waals surface area contributed by atoms with Crippen LogP contribution >= 0.6 is 40.2 Å². The molecule has 0 atom stereocenters. The lowest BCUT2D eigenvalue weighted by atomic mass is 10.1. The third-order valence-electron chi connectivity index (χ3n) is 8.29. The molecular formula is C36H34BrCl2F2N5O5. The molecule has 268 valence electrons. The maximum Gasteiger partial charge on any atom is 0.272 e. The molecule has 0 unspecified atom stereocenters. The summed E-state index contributed by atoms with van der Waals surface area (Å²) in [7, 11) is 3.32. The molecule has 0 radical (unpaired) electrons. The number of anilines is 1. The first-order valence-electron chi connectivity index (χ1n) is 15.7. The molecule has 1 aliphatic heterocycles. The van der Waals surface area contributed by atoms with E-state index in [1.807, 2.05) is 46.8 Å². The zero-order chi connectivity index (χ0) is 35.4. The summed E-state index contributed by atoms with van der Waals surface area (Å²) >= 11 is 12.0. The highest BCUT2D eigenvalue weighted by atomic mass is 79.9. The van der Waals surface area contributed by atoms with Crippen molar-refractivity contribution in [2.75, 3.05) is 45.2 Å². The number of fused-ring (bicyclic) bond motifs is 1. The molecule has 10 nitrogen and oxygen atoms in total. The molecule has 1 fully saturated rings. The van der Waals surface area contributed by atoms with Gasteiger partial charge in [-0.1, -0.05) is 29.3 Å². The lowest BCUT2D eigenvalue weighted by Crippen LogP contribution is -2.48. The quantitative estimate of drug-likeness (QED) is 0.144. The number of hydrogen-bond acceptors (Lipinski definition) is 7.